The van der Waals surface area contributed by atoms with Gasteiger partial charge < -0.3 is 14.8 Å². The van der Waals surface area contributed by atoms with Crippen LogP contribution in [0.25, 0.3) is 0 Å². The van der Waals surface area contributed by atoms with Gasteiger partial charge in [0.1, 0.15) is 5.82 Å². The van der Waals surface area contributed by atoms with E-state index >= 15 is 0 Å². The number of rotatable bonds is 8. The number of hydrogen-bond acceptors (Lipinski definition) is 3. The van der Waals surface area contributed by atoms with Crippen molar-refractivity contribution >= 4 is 6.03 Å². The molecular weight excluding hydrogens is 350 g/mol. The van der Waals surface area contributed by atoms with Gasteiger partial charge in [-0.25, -0.2) is 9.78 Å². The van der Waals surface area contributed by atoms with Crippen LogP contribution in [-0.4, -0.2) is 64.7 Å². The second-order valence-corrected chi connectivity index (χ2v) is 7.78. The molecule has 0 aliphatic carbocycles. The summed E-state index contributed by atoms with van der Waals surface area (Å²) in [4.78, 5) is 21.2. The third-order valence-electron chi connectivity index (χ3n) is 5.34. The molecule has 0 spiro atoms. The highest BCUT2D eigenvalue weighted by Gasteiger charge is 2.20. The molecule has 2 amide bonds. The minimum absolute atomic E-state index is 0.0735. The monoisotopic (exact) mass is 383 g/mol. The van der Waals surface area contributed by atoms with Crippen molar-refractivity contribution in [2.75, 3.05) is 39.3 Å². The summed E-state index contributed by atoms with van der Waals surface area (Å²) in [5.74, 6) is 1.59. The molecular formula is C22H33N5O. The maximum Gasteiger partial charge on any atom is 0.317 e. The van der Waals surface area contributed by atoms with E-state index in [4.69, 9.17) is 0 Å². The van der Waals surface area contributed by atoms with Crippen LogP contribution in [0.1, 0.15) is 37.6 Å². The summed E-state index contributed by atoms with van der Waals surface area (Å²) in [7, 11) is 0. The summed E-state index contributed by atoms with van der Waals surface area (Å²) in [5.41, 5.74) is 1.32. The van der Waals surface area contributed by atoms with E-state index in [1.807, 2.05) is 17.2 Å². The Morgan fingerprint density at radius 3 is 2.57 bits per heavy atom. The van der Waals surface area contributed by atoms with Crippen molar-refractivity contribution in [1.82, 2.24) is 24.7 Å². The van der Waals surface area contributed by atoms with E-state index in [0.29, 0.717) is 5.92 Å². The standard InChI is InChI=1S/C22H33N5O/c1-19(2)21-23-11-12-26(21)16-13-25-14-17-27(18-15-25)22(28)24-10-6-9-20-7-4-3-5-8-20/h3-5,7-8,11-12,19H,6,9-10,13-18H2,1-2H3,(H,24,28). The van der Waals surface area contributed by atoms with Crippen LogP contribution < -0.4 is 5.32 Å². The molecule has 1 aromatic heterocycles. The summed E-state index contributed by atoms with van der Waals surface area (Å²) >= 11 is 0. The normalized spacial score (nSPS) is 15.2. The van der Waals surface area contributed by atoms with Gasteiger partial charge in [0.15, 0.2) is 0 Å². The Morgan fingerprint density at radius 1 is 1.11 bits per heavy atom. The lowest BCUT2D eigenvalue weighted by Gasteiger charge is -2.34. The van der Waals surface area contributed by atoms with Gasteiger partial charge in [0, 0.05) is 64.1 Å². The van der Waals surface area contributed by atoms with Gasteiger partial charge in [-0.15, -0.1) is 0 Å². The first-order chi connectivity index (χ1) is 13.6. The van der Waals surface area contributed by atoms with Gasteiger partial charge in [-0.05, 0) is 18.4 Å². The maximum atomic E-state index is 12.4. The quantitative estimate of drug-likeness (QED) is 0.713. The zero-order chi connectivity index (χ0) is 19.8. The number of piperazine rings is 1. The van der Waals surface area contributed by atoms with Gasteiger partial charge in [-0.2, -0.15) is 0 Å². The number of carbonyl (C=O) groups excluding carboxylic acids is 1. The van der Waals surface area contributed by atoms with Crippen LogP contribution in [0.3, 0.4) is 0 Å². The van der Waals surface area contributed by atoms with Gasteiger partial charge in [-0.1, -0.05) is 44.2 Å². The van der Waals surface area contributed by atoms with Gasteiger partial charge in [0.05, 0.1) is 0 Å². The maximum absolute atomic E-state index is 12.4. The molecule has 6 heteroatoms. The largest absolute Gasteiger partial charge is 0.338 e. The molecule has 6 nitrogen and oxygen atoms in total. The van der Waals surface area contributed by atoms with Crippen molar-refractivity contribution in [3.8, 4) is 0 Å². The molecule has 1 aliphatic rings. The summed E-state index contributed by atoms with van der Waals surface area (Å²) in [5, 5.41) is 3.07. The van der Waals surface area contributed by atoms with Gasteiger partial charge in [0.25, 0.3) is 0 Å². The number of nitrogens with zero attached hydrogens (tertiary/aromatic N) is 4. The van der Waals surface area contributed by atoms with Crippen LogP contribution >= 0.6 is 0 Å². The Morgan fingerprint density at radius 2 is 1.86 bits per heavy atom. The molecule has 0 unspecified atom stereocenters. The van der Waals surface area contributed by atoms with Crippen molar-refractivity contribution in [3.05, 3.63) is 54.1 Å². The number of hydrogen-bond donors (Lipinski definition) is 1. The fraction of sp³-hybridized carbons (Fsp3) is 0.545. The minimum atomic E-state index is 0.0735. The molecule has 28 heavy (non-hydrogen) atoms. The third kappa shape index (κ3) is 5.83. The van der Waals surface area contributed by atoms with E-state index in [0.717, 1.165) is 64.5 Å². The number of imidazole rings is 1. The lowest BCUT2D eigenvalue weighted by atomic mass is 10.1. The molecule has 152 valence electrons. The average molecular weight is 384 g/mol. The smallest absolute Gasteiger partial charge is 0.317 e. The Hall–Kier alpha value is -2.34. The Bertz CT molecular complexity index is 720. The van der Waals surface area contributed by atoms with Crippen molar-refractivity contribution < 1.29 is 4.79 Å². The second kappa shape index (κ2) is 10.3. The fourth-order valence-corrected chi connectivity index (χ4v) is 3.68. The highest BCUT2D eigenvalue weighted by Crippen LogP contribution is 2.12. The number of carbonyl (C=O) groups is 1. The van der Waals surface area contributed by atoms with Crippen molar-refractivity contribution in [2.45, 2.75) is 39.2 Å². The summed E-state index contributed by atoms with van der Waals surface area (Å²) in [6.45, 7) is 10.5. The van der Waals surface area contributed by atoms with Gasteiger partial charge >= 0.3 is 6.03 Å². The minimum Gasteiger partial charge on any atom is -0.338 e. The average Bonchev–Trinajstić information content (AvgIpc) is 3.20. The molecule has 0 saturated carbocycles. The molecule has 1 fully saturated rings. The molecule has 1 N–H and O–H groups in total. The number of aryl methyl sites for hydroxylation is 1. The molecule has 0 radical (unpaired) electrons. The lowest BCUT2D eigenvalue weighted by molar-refractivity contribution is 0.136. The van der Waals surface area contributed by atoms with Crippen LogP contribution in [0.4, 0.5) is 4.79 Å². The van der Waals surface area contributed by atoms with E-state index in [9.17, 15) is 4.79 Å². The van der Waals surface area contributed by atoms with Crippen molar-refractivity contribution in [2.24, 2.45) is 0 Å². The fourth-order valence-electron chi connectivity index (χ4n) is 3.68. The van der Waals surface area contributed by atoms with Crippen LogP contribution in [0.15, 0.2) is 42.7 Å². The summed E-state index contributed by atoms with van der Waals surface area (Å²) < 4.78 is 2.25. The number of aromatic nitrogens is 2. The van der Waals surface area contributed by atoms with Crippen LogP contribution in [0.5, 0.6) is 0 Å². The van der Waals surface area contributed by atoms with Gasteiger partial charge in [-0.3, -0.25) is 4.90 Å². The molecule has 1 aliphatic heterocycles. The first kappa shape index (κ1) is 20.4. The predicted molar refractivity (Wildman–Crippen MR) is 112 cm³/mol. The van der Waals surface area contributed by atoms with Crippen molar-refractivity contribution in [1.29, 1.82) is 0 Å². The van der Waals surface area contributed by atoms with Crippen LogP contribution in [0.2, 0.25) is 0 Å². The number of urea groups is 1. The van der Waals surface area contributed by atoms with E-state index in [1.165, 1.54) is 5.56 Å². The molecule has 0 atom stereocenters. The van der Waals surface area contributed by atoms with Crippen molar-refractivity contribution in [3.63, 3.8) is 0 Å². The van der Waals surface area contributed by atoms with Crippen LogP contribution in [0, 0.1) is 0 Å². The van der Waals surface area contributed by atoms with E-state index < -0.39 is 0 Å². The Balaban J connectivity index is 1.32. The third-order valence-corrected chi connectivity index (χ3v) is 5.34. The molecule has 1 saturated heterocycles. The lowest BCUT2D eigenvalue weighted by Crippen LogP contribution is -2.52. The highest BCUT2D eigenvalue weighted by atomic mass is 16.2. The molecule has 3 rings (SSSR count). The summed E-state index contributed by atoms with van der Waals surface area (Å²) in [6.07, 6.45) is 5.92. The Kier molecular flexibility index (Phi) is 7.48. The van der Waals surface area contributed by atoms with E-state index in [-0.39, 0.29) is 6.03 Å². The molecule has 0 bridgehead atoms. The van der Waals surface area contributed by atoms with Gasteiger partial charge in [0.2, 0.25) is 0 Å². The second-order valence-electron chi connectivity index (χ2n) is 7.78. The first-order valence-corrected chi connectivity index (χ1v) is 10.4. The SMILES string of the molecule is CC(C)c1nccn1CCN1CCN(C(=O)NCCCc2ccccc2)CC1. The first-order valence-electron chi connectivity index (χ1n) is 10.4. The number of nitrogens with one attached hydrogen (secondary N) is 1. The Labute approximate surface area is 168 Å². The molecule has 2 aromatic rings. The van der Waals surface area contributed by atoms with E-state index in [1.54, 1.807) is 0 Å². The summed E-state index contributed by atoms with van der Waals surface area (Å²) in [6, 6.07) is 10.5. The topological polar surface area (TPSA) is 53.4 Å². The zero-order valence-electron chi connectivity index (χ0n) is 17.2. The number of amides is 2. The zero-order valence-corrected chi connectivity index (χ0v) is 17.2. The molecule has 1 aromatic carbocycles. The number of benzene rings is 1. The van der Waals surface area contributed by atoms with E-state index in [2.05, 4.69) is 64.1 Å². The highest BCUT2D eigenvalue weighted by molar-refractivity contribution is 5.74. The van der Waals surface area contributed by atoms with Crippen LogP contribution in [-0.2, 0) is 13.0 Å². The predicted octanol–water partition coefficient (Wildman–Crippen LogP) is 2.97. The molecule has 2 heterocycles.